The van der Waals surface area contributed by atoms with Gasteiger partial charge in [0.15, 0.2) is 0 Å². The van der Waals surface area contributed by atoms with Crippen molar-refractivity contribution in [2.75, 3.05) is 25.4 Å². The Morgan fingerprint density at radius 3 is 3.10 bits per heavy atom. The first-order valence-corrected chi connectivity index (χ1v) is 4.61. The Morgan fingerprint density at radius 2 is 2.50 bits per heavy atom. The summed E-state index contributed by atoms with van der Waals surface area (Å²) in [6, 6.07) is 0.722. The van der Waals surface area contributed by atoms with Crippen molar-refractivity contribution in [2.45, 2.75) is 18.9 Å². The van der Waals surface area contributed by atoms with Gasteiger partial charge in [0.05, 0.1) is 0 Å². The molecule has 1 heterocycles. The van der Waals surface area contributed by atoms with Crippen molar-refractivity contribution < 1.29 is 0 Å². The quantitative estimate of drug-likeness (QED) is 0.406. The Hall–Kier alpha value is 0.270. The van der Waals surface area contributed by atoms with E-state index in [4.69, 9.17) is 0 Å². The lowest BCUT2D eigenvalue weighted by Gasteiger charge is -2.09. The van der Waals surface area contributed by atoms with E-state index in [0.717, 1.165) is 24.9 Å². The smallest absolute Gasteiger partial charge is 0.0192 e. The van der Waals surface area contributed by atoms with Crippen molar-refractivity contribution in [3.05, 3.63) is 0 Å². The predicted octanol–water partition coefficient (Wildman–Crippen LogP) is 0.258. The average Bonchev–Trinajstić information content (AvgIpc) is 2.41. The minimum Gasteiger partial charge on any atom is -0.314 e. The van der Waals surface area contributed by atoms with Crippen LogP contribution in [-0.2, 0) is 0 Å². The maximum Gasteiger partial charge on any atom is 0.0192 e. The van der Waals surface area contributed by atoms with Gasteiger partial charge in [0.25, 0.3) is 0 Å². The van der Waals surface area contributed by atoms with Crippen LogP contribution in [0.25, 0.3) is 0 Å². The van der Waals surface area contributed by atoms with E-state index in [-0.39, 0.29) is 0 Å². The number of hydrogen-bond donors (Lipinski definition) is 3. The molecule has 0 radical (unpaired) electrons. The molecule has 0 aromatic carbocycles. The summed E-state index contributed by atoms with van der Waals surface area (Å²) >= 11 is 4.11. The molecule has 1 aliphatic heterocycles. The molecule has 1 unspecified atom stereocenters. The van der Waals surface area contributed by atoms with E-state index in [2.05, 4.69) is 23.3 Å². The average molecular weight is 160 g/mol. The second-order valence-electron chi connectivity index (χ2n) is 2.72. The summed E-state index contributed by atoms with van der Waals surface area (Å²) in [7, 11) is 0. The zero-order valence-electron chi connectivity index (χ0n) is 6.27. The van der Waals surface area contributed by atoms with Gasteiger partial charge in [-0.1, -0.05) is 0 Å². The molecular weight excluding hydrogens is 144 g/mol. The highest BCUT2D eigenvalue weighted by atomic mass is 32.1. The Balaban J connectivity index is 1.91. The first kappa shape index (κ1) is 8.37. The molecule has 1 aliphatic rings. The van der Waals surface area contributed by atoms with Gasteiger partial charge in [0.2, 0.25) is 0 Å². The Kier molecular flexibility index (Phi) is 4.18. The van der Waals surface area contributed by atoms with Crippen LogP contribution in [0.5, 0.6) is 0 Å². The highest BCUT2D eigenvalue weighted by Crippen LogP contribution is 2.02. The van der Waals surface area contributed by atoms with Crippen LogP contribution >= 0.6 is 12.6 Å². The predicted molar refractivity (Wildman–Crippen MR) is 47.7 cm³/mol. The first-order valence-electron chi connectivity index (χ1n) is 3.98. The zero-order chi connectivity index (χ0) is 7.23. The van der Waals surface area contributed by atoms with Crippen molar-refractivity contribution in [1.82, 2.24) is 10.6 Å². The van der Waals surface area contributed by atoms with Crippen LogP contribution in [0, 0.1) is 0 Å². The molecule has 1 rings (SSSR count). The highest BCUT2D eigenvalue weighted by Gasteiger charge is 2.11. The van der Waals surface area contributed by atoms with Crippen LogP contribution in [0.4, 0.5) is 0 Å². The monoisotopic (exact) mass is 160 g/mol. The van der Waals surface area contributed by atoms with Crippen molar-refractivity contribution in [2.24, 2.45) is 0 Å². The third kappa shape index (κ3) is 2.90. The van der Waals surface area contributed by atoms with E-state index in [0.29, 0.717) is 0 Å². The van der Waals surface area contributed by atoms with Gasteiger partial charge in [-0.25, -0.2) is 0 Å². The molecule has 0 saturated carbocycles. The topological polar surface area (TPSA) is 24.1 Å². The summed E-state index contributed by atoms with van der Waals surface area (Å²) < 4.78 is 0. The molecule has 0 spiro atoms. The highest BCUT2D eigenvalue weighted by molar-refractivity contribution is 7.80. The normalized spacial score (nSPS) is 25.5. The van der Waals surface area contributed by atoms with Gasteiger partial charge < -0.3 is 10.6 Å². The Morgan fingerprint density at radius 1 is 1.60 bits per heavy atom. The molecule has 1 atom stereocenters. The molecular formula is C7H16N2S. The molecule has 1 saturated heterocycles. The van der Waals surface area contributed by atoms with Gasteiger partial charge in [-0.3, -0.25) is 0 Å². The van der Waals surface area contributed by atoms with Gasteiger partial charge in [0, 0.05) is 24.9 Å². The van der Waals surface area contributed by atoms with Gasteiger partial charge in [0.1, 0.15) is 0 Å². The van der Waals surface area contributed by atoms with E-state index >= 15 is 0 Å². The van der Waals surface area contributed by atoms with Crippen molar-refractivity contribution in [3.63, 3.8) is 0 Å². The largest absolute Gasteiger partial charge is 0.314 e. The Labute approximate surface area is 68.2 Å². The molecule has 2 nitrogen and oxygen atoms in total. The van der Waals surface area contributed by atoms with E-state index in [9.17, 15) is 0 Å². The molecule has 0 aromatic heterocycles. The maximum atomic E-state index is 4.11. The summed E-state index contributed by atoms with van der Waals surface area (Å²) in [5.41, 5.74) is 0. The second kappa shape index (κ2) is 4.99. The fraction of sp³-hybridized carbons (Fsp3) is 1.00. The summed E-state index contributed by atoms with van der Waals surface area (Å²) in [6.07, 6.45) is 2.67. The third-order valence-corrected chi connectivity index (χ3v) is 2.07. The first-order chi connectivity index (χ1) is 4.93. The fourth-order valence-electron chi connectivity index (χ4n) is 1.29. The molecule has 60 valence electrons. The lowest BCUT2D eigenvalue weighted by Crippen LogP contribution is -2.34. The molecule has 0 aliphatic carbocycles. The molecule has 0 amide bonds. The van der Waals surface area contributed by atoms with E-state index in [1.165, 1.54) is 19.4 Å². The van der Waals surface area contributed by atoms with Gasteiger partial charge in [-0.05, 0) is 19.4 Å². The van der Waals surface area contributed by atoms with Crippen LogP contribution < -0.4 is 10.6 Å². The molecule has 1 fully saturated rings. The summed E-state index contributed by atoms with van der Waals surface area (Å²) in [5, 5.41) is 6.77. The number of nitrogens with one attached hydrogen (secondary N) is 2. The van der Waals surface area contributed by atoms with E-state index in [1.54, 1.807) is 0 Å². The summed E-state index contributed by atoms with van der Waals surface area (Å²) in [5.74, 6) is 0.937. The molecule has 2 N–H and O–H groups in total. The Bertz CT molecular complexity index is 81.7. The number of rotatable bonds is 4. The van der Waals surface area contributed by atoms with E-state index < -0.39 is 0 Å². The van der Waals surface area contributed by atoms with Crippen molar-refractivity contribution in [1.29, 1.82) is 0 Å². The third-order valence-electron chi connectivity index (χ3n) is 1.84. The van der Waals surface area contributed by atoms with Crippen LogP contribution in [0.1, 0.15) is 12.8 Å². The lowest BCUT2D eigenvalue weighted by molar-refractivity contribution is 0.548. The number of hydrogen-bond acceptors (Lipinski definition) is 3. The molecule has 3 heteroatoms. The van der Waals surface area contributed by atoms with Gasteiger partial charge in [-0.2, -0.15) is 12.6 Å². The maximum absolute atomic E-state index is 4.11. The SMILES string of the molecule is SCCNCC1CCCN1. The lowest BCUT2D eigenvalue weighted by atomic mass is 10.2. The minimum absolute atomic E-state index is 0.722. The van der Waals surface area contributed by atoms with Crippen molar-refractivity contribution >= 4 is 12.6 Å². The van der Waals surface area contributed by atoms with E-state index in [1.807, 2.05) is 0 Å². The number of thiol groups is 1. The van der Waals surface area contributed by atoms with Gasteiger partial charge >= 0.3 is 0 Å². The van der Waals surface area contributed by atoms with Crippen LogP contribution in [0.2, 0.25) is 0 Å². The van der Waals surface area contributed by atoms with Crippen molar-refractivity contribution in [3.8, 4) is 0 Å². The standard InChI is InChI=1S/C7H16N2S/c10-5-4-8-6-7-2-1-3-9-7/h7-10H,1-6H2. The van der Waals surface area contributed by atoms with Crippen LogP contribution in [0.15, 0.2) is 0 Å². The summed E-state index contributed by atoms with van der Waals surface area (Å²) in [6.45, 7) is 3.34. The van der Waals surface area contributed by atoms with Crippen LogP contribution in [0.3, 0.4) is 0 Å². The molecule has 0 bridgehead atoms. The minimum atomic E-state index is 0.722. The fourth-order valence-corrected chi connectivity index (χ4v) is 1.44. The molecule has 0 aromatic rings. The van der Waals surface area contributed by atoms with Gasteiger partial charge in [-0.15, -0.1) is 0 Å². The van der Waals surface area contributed by atoms with Crippen LogP contribution in [-0.4, -0.2) is 31.4 Å². The molecule has 10 heavy (non-hydrogen) atoms. The zero-order valence-corrected chi connectivity index (χ0v) is 7.16. The second-order valence-corrected chi connectivity index (χ2v) is 3.17. The summed E-state index contributed by atoms with van der Waals surface area (Å²) in [4.78, 5) is 0.